The molecule has 0 aliphatic heterocycles. The van der Waals surface area contributed by atoms with Crippen LogP contribution in [0.2, 0.25) is 0 Å². The van der Waals surface area contributed by atoms with Gasteiger partial charge in [-0.1, -0.05) is 18.6 Å². The molecule has 0 amide bonds. The number of aromatic nitrogens is 3. The first-order valence-electron chi connectivity index (χ1n) is 7.57. The van der Waals surface area contributed by atoms with Gasteiger partial charge in [-0.15, -0.1) is 0 Å². The molecule has 21 heavy (non-hydrogen) atoms. The Morgan fingerprint density at radius 3 is 2.95 bits per heavy atom. The Kier molecular flexibility index (Phi) is 4.31. The predicted octanol–water partition coefficient (Wildman–Crippen LogP) is 1.83. The summed E-state index contributed by atoms with van der Waals surface area (Å²) in [6.07, 6.45) is 6.38. The van der Waals surface area contributed by atoms with Crippen molar-refractivity contribution in [2.45, 2.75) is 38.8 Å². The summed E-state index contributed by atoms with van der Waals surface area (Å²) in [5.74, 6) is 0.417. The van der Waals surface area contributed by atoms with Crippen LogP contribution in [0.1, 0.15) is 30.4 Å². The van der Waals surface area contributed by atoms with Gasteiger partial charge in [-0.2, -0.15) is 5.10 Å². The second kappa shape index (κ2) is 6.37. The molecule has 2 atom stereocenters. The van der Waals surface area contributed by atoms with Gasteiger partial charge in [0.1, 0.15) is 12.7 Å². The molecule has 2 N–H and O–H groups in total. The fourth-order valence-corrected chi connectivity index (χ4v) is 3.07. The van der Waals surface area contributed by atoms with Crippen LogP contribution in [0, 0.1) is 12.8 Å². The molecular formula is C16H22N4O. The number of aliphatic hydroxyl groups is 1. The lowest BCUT2D eigenvalue weighted by Crippen LogP contribution is -2.27. The van der Waals surface area contributed by atoms with Crippen molar-refractivity contribution in [1.29, 1.82) is 0 Å². The van der Waals surface area contributed by atoms with Crippen LogP contribution in [-0.2, 0) is 6.54 Å². The van der Waals surface area contributed by atoms with E-state index in [1.165, 1.54) is 11.1 Å². The van der Waals surface area contributed by atoms with Crippen molar-refractivity contribution in [3.63, 3.8) is 0 Å². The highest BCUT2D eigenvalue weighted by atomic mass is 16.3. The van der Waals surface area contributed by atoms with Gasteiger partial charge in [0.2, 0.25) is 0 Å². The van der Waals surface area contributed by atoms with Gasteiger partial charge >= 0.3 is 0 Å². The van der Waals surface area contributed by atoms with Gasteiger partial charge in [0.05, 0.1) is 11.8 Å². The first-order valence-corrected chi connectivity index (χ1v) is 7.57. The third-order valence-electron chi connectivity index (χ3n) is 4.28. The number of hydrogen-bond acceptors (Lipinski definition) is 4. The van der Waals surface area contributed by atoms with E-state index in [4.69, 9.17) is 0 Å². The summed E-state index contributed by atoms with van der Waals surface area (Å²) in [4.78, 5) is 3.98. The number of hydrogen-bond donors (Lipinski definition) is 2. The Labute approximate surface area is 125 Å². The molecule has 1 aliphatic rings. The Balaban J connectivity index is 1.58. The number of rotatable bonds is 5. The number of nitrogens with one attached hydrogen (secondary N) is 1. The minimum absolute atomic E-state index is 0.117. The Hall–Kier alpha value is -1.72. The quantitative estimate of drug-likeness (QED) is 0.880. The van der Waals surface area contributed by atoms with Gasteiger partial charge in [0, 0.05) is 13.1 Å². The Morgan fingerprint density at radius 1 is 1.38 bits per heavy atom. The van der Waals surface area contributed by atoms with Crippen molar-refractivity contribution in [1.82, 2.24) is 20.1 Å². The molecule has 2 aromatic rings. The SMILES string of the molecule is Cc1cc(CNCC2CCCC2O)ccc1-n1cncn1. The van der Waals surface area contributed by atoms with Crippen molar-refractivity contribution >= 4 is 0 Å². The molecule has 3 rings (SSSR count). The summed E-state index contributed by atoms with van der Waals surface area (Å²) in [6, 6.07) is 6.36. The Morgan fingerprint density at radius 2 is 2.29 bits per heavy atom. The molecule has 1 aromatic carbocycles. The minimum atomic E-state index is -0.117. The molecule has 1 heterocycles. The van der Waals surface area contributed by atoms with Crippen LogP contribution in [0.5, 0.6) is 0 Å². The molecule has 5 heteroatoms. The molecule has 1 aliphatic carbocycles. The highest BCUT2D eigenvalue weighted by Crippen LogP contribution is 2.24. The van der Waals surface area contributed by atoms with Gasteiger partial charge in [-0.25, -0.2) is 9.67 Å². The van der Waals surface area contributed by atoms with Gasteiger partial charge in [0.25, 0.3) is 0 Å². The monoisotopic (exact) mass is 286 g/mol. The molecular weight excluding hydrogens is 264 g/mol. The smallest absolute Gasteiger partial charge is 0.138 e. The third kappa shape index (κ3) is 3.31. The van der Waals surface area contributed by atoms with Crippen molar-refractivity contribution in [3.05, 3.63) is 42.0 Å². The number of aliphatic hydroxyl groups excluding tert-OH is 1. The summed E-state index contributed by atoms with van der Waals surface area (Å²) < 4.78 is 1.78. The van der Waals surface area contributed by atoms with Crippen LogP contribution in [0.25, 0.3) is 5.69 Å². The highest BCUT2D eigenvalue weighted by molar-refractivity contribution is 5.41. The molecule has 5 nitrogen and oxygen atoms in total. The van der Waals surface area contributed by atoms with Crippen LogP contribution in [0.15, 0.2) is 30.9 Å². The maximum Gasteiger partial charge on any atom is 0.138 e. The van der Waals surface area contributed by atoms with E-state index in [9.17, 15) is 5.11 Å². The maximum absolute atomic E-state index is 9.82. The zero-order chi connectivity index (χ0) is 14.7. The van der Waals surface area contributed by atoms with Crippen LogP contribution in [0.3, 0.4) is 0 Å². The van der Waals surface area contributed by atoms with E-state index in [2.05, 4.69) is 40.5 Å². The first-order chi connectivity index (χ1) is 10.2. The lowest BCUT2D eigenvalue weighted by molar-refractivity contribution is 0.131. The standard InChI is InChI=1S/C16H22N4O/c1-12-7-13(5-6-15(12)20-11-18-10-19-20)8-17-9-14-3-2-4-16(14)21/h5-7,10-11,14,16-17,21H,2-4,8-9H2,1H3. The van der Waals surface area contributed by atoms with E-state index in [1.807, 2.05) is 0 Å². The van der Waals surface area contributed by atoms with Gasteiger partial charge < -0.3 is 10.4 Å². The van der Waals surface area contributed by atoms with Crippen molar-refractivity contribution < 1.29 is 5.11 Å². The summed E-state index contributed by atoms with van der Waals surface area (Å²) >= 11 is 0. The lowest BCUT2D eigenvalue weighted by Gasteiger charge is -2.15. The second-order valence-corrected chi connectivity index (χ2v) is 5.85. The first kappa shape index (κ1) is 14.2. The van der Waals surface area contributed by atoms with E-state index < -0.39 is 0 Å². The zero-order valence-electron chi connectivity index (χ0n) is 12.4. The number of benzene rings is 1. The van der Waals surface area contributed by atoms with Gasteiger partial charge in [-0.05, 0) is 42.9 Å². The van der Waals surface area contributed by atoms with E-state index in [1.54, 1.807) is 17.3 Å². The maximum atomic E-state index is 9.82. The average Bonchev–Trinajstić information content (AvgIpc) is 3.11. The molecule has 0 spiro atoms. The normalized spacial score (nSPS) is 21.8. The van der Waals surface area contributed by atoms with E-state index in [-0.39, 0.29) is 6.10 Å². The summed E-state index contributed by atoms with van der Waals surface area (Å²) in [6.45, 7) is 3.81. The van der Waals surface area contributed by atoms with Crippen molar-refractivity contribution in [2.75, 3.05) is 6.54 Å². The zero-order valence-corrected chi connectivity index (χ0v) is 12.4. The molecule has 0 bridgehead atoms. The van der Waals surface area contributed by atoms with Gasteiger partial charge in [-0.3, -0.25) is 0 Å². The van der Waals surface area contributed by atoms with Crippen LogP contribution in [-0.4, -0.2) is 32.5 Å². The Bertz CT molecular complexity index is 582. The largest absolute Gasteiger partial charge is 0.393 e. The molecule has 2 unspecified atom stereocenters. The molecule has 1 fully saturated rings. The van der Waals surface area contributed by atoms with Crippen LogP contribution >= 0.6 is 0 Å². The molecule has 0 radical (unpaired) electrons. The van der Waals surface area contributed by atoms with E-state index >= 15 is 0 Å². The van der Waals surface area contributed by atoms with E-state index in [0.717, 1.165) is 38.0 Å². The predicted molar refractivity (Wildman–Crippen MR) is 81.2 cm³/mol. The lowest BCUT2D eigenvalue weighted by atomic mass is 10.1. The summed E-state index contributed by atoms with van der Waals surface area (Å²) in [5.41, 5.74) is 3.49. The molecule has 0 saturated heterocycles. The molecule has 1 saturated carbocycles. The third-order valence-corrected chi connectivity index (χ3v) is 4.28. The summed E-state index contributed by atoms with van der Waals surface area (Å²) in [7, 11) is 0. The summed E-state index contributed by atoms with van der Waals surface area (Å²) in [5, 5.41) is 17.4. The average molecular weight is 286 g/mol. The van der Waals surface area contributed by atoms with Gasteiger partial charge in [0.15, 0.2) is 0 Å². The number of nitrogens with zero attached hydrogens (tertiary/aromatic N) is 3. The molecule has 112 valence electrons. The topological polar surface area (TPSA) is 63.0 Å². The van der Waals surface area contributed by atoms with E-state index in [0.29, 0.717) is 5.92 Å². The fraction of sp³-hybridized carbons (Fsp3) is 0.500. The second-order valence-electron chi connectivity index (χ2n) is 5.85. The van der Waals surface area contributed by atoms with Crippen molar-refractivity contribution in [3.8, 4) is 5.69 Å². The van der Waals surface area contributed by atoms with Crippen LogP contribution < -0.4 is 5.32 Å². The van der Waals surface area contributed by atoms with Crippen molar-refractivity contribution in [2.24, 2.45) is 5.92 Å². The molecule has 1 aromatic heterocycles. The highest BCUT2D eigenvalue weighted by Gasteiger charge is 2.24. The fourth-order valence-electron chi connectivity index (χ4n) is 3.07. The number of aryl methyl sites for hydroxylation is 1. The minimum Gasteiger partial charge on any atom is -0.393 e. The van der Waals surface area contributed by atoms with Crippen LogP contribution in [0.4, 0.5) is 0 Å².